The Bertz CT molecular complexity index is 710. The lowest BCUT2D eigenvalue weighted by Gasteiger charge is -2.32. The summed E-state index contributed by atoms with van der Waals surface area (Å²) in [4.78, 5) is 15.4. The monoisotopic (exact) mass is 345 g/mol. The van der Waals surface area contributed by atoms with Crippen LogP contribution < -0.4 is 0 Å². The number of aromatic nitrogens is 2. The van der Waals surface area contributed by atoms with Crippen LogP contribution in [0.4, 0.5) is 0 Å². The number of amides is 1. The zero-order valence-corrected chi connectivity index (χ0v) is 14.9. The van der Waals surface area contributed by atoms with Gasteiger partial charge >= 0.3 is 0 Å². The van der Waals surface area contributed by atoms with Crippen molar-refractivity contribution in [3.63, 3.8) is 0 Å². The third-order valence-corrected chi connectivity index (χ3v) is 6.03. The van der Waals surface area contributed by atoms with E-state index in [1.807, 2.05) is 24.8 Å². The minimum absolute atomic E-state index is 0.0427. The summed E-state index contributed by atoms with van der Waals surface area (Å²) in [5.41, 5.74) is 1.75. The normalized spacial score (nSPS) is 19.5. The van der Waals surface area contributed by atoms with Crippen LogP contribution in [0.1, 0.15) is 48.7 Å². The van der Waals surface area contributed by atoms with Crippen molar-refractivity contribution in [2.45, 2.75) is 42.8 Å². The van der Waals surface area contributed by atoms with Crippen molar-refractivity contribution in [3.05, 3.63) is 47.8 Å². The predicted molar refractivity (Wildman–Crippen MR) is 94.5 cm³/mol. The van der Waals surface area contributed by atoms with E-state index in [0.29, 0.717) is 18.0 Å². The molecule has 1 aliphatic rings. The molecule has 1 aromatic carbocycles. The number of rotatable bonds is 4. The van der Waals surface area contributed by atoms with Gasteiger partial charge in [-0.25, -0.2) is 0 Å². The van der Waals surface area contributed by atoms with Gasteiger partial charge in [0.25, 0.3) is 5.91 Å². The molecule has 1 aromatic heterocycles. The third kappa shape index (κ3) is 3.59. The fourth-order valence-corrected chi connectivity index (χ4v) is 4.04. The second-order valence-corrected chi connectivity index (χ2v) is 8.48. The van der Waals surface area contributed by atoms with E-state index in [-0.39, 0.29) is 11.2 Å². The molecule has 128 valence electrons. The first-order valence-corrected chi connectivity index (χ1v) is 9.56. The maximum absolute atomic E-state index is 12.8. The second kappa shape index (κ2) is 7.30. The Balaban J connectivity index is 1.70. The van der Waals surface area contributed by atoms with Gasteiger partial charge in [0.2, 0.25) is 0 Å². The van der Waals surface area contributed by atoms with Crippen molar-refractivity contribution in [2.24, 2.45) is 0 Å². The number of carbonyl (C=O) groups is 1. The number of carbonyl (C=O) groups excluding carboxylic acids is 1. The molecule has 0 saturated carbocycles. The number of nitrogens with one attached hydrogen (secondary N) is 1. The molecule has 1 aliphatic heterocycles. The van der Waals surface area contributed by atoms with E-state index in [4.69, 9.17) is 0 Å². The smallest absolute Gasteiger partial charge is 0.253 e. The highest BCUT2D eigenvalue weighted by molar-refractivity contribution is 7.85. The lowest BCUT2D eigenvalue weighted by Crippen LogP contribution is -2.39. The van der Waals surface area contributed by atoms with E-state index >= 15 is 0 Å². The van der Waals surface area contributed by atoms with E-state index in [2.05, 4.69) is 10.2 Å². The number of piperidine rings is 1. The van der Waals surface area contributed by atoms with Crippen LogP contribution in [0.2, 0.25) is 0 Å². The third-order valence-electron chi connectivity index (χ3n) is 4.43. The standard InChI is InChI=1S/C18H23N3O2S/c1-13(2)24(23)16-7-5-14(6-8-16)18(22)21-11-3-4-15(12-21)17-9-10-19-20-17/h5-10,13,15H,3-4,11-12H2,1-2H3,(H,19,20)/t15-,24+/m0/s1. The molecule has 1 N–H and O–H groups in total. The minimum atomic E-state index is -1.02. The molecule has 2 atom stereocenters. The Hall–Kier alpha value is -1.95. The van der Waals surface area contributed by atoms with Crippen molar-refractivity contribution >= 4 is 16.7 Å². The maximum Gasteiger partial charge on any atom is 0.253 e. The van der Waals surface area contributed by atoms with Gasteiger partial charge in [-0.1, -0.05) is 13.8 Å². The lowest BCUT2D eigenvalue weighted by molar-refractivity contribution is 0.0706. The first-order valence-electron chi connectivity index (χ1n) is 8.35. The molecular weight excluding hydrogens is 322 g/mol. The number of likely N-dealkylation sites (tertiary alicyclic amines) is 1. The summed E-state index contributed by atoms with van der Waals surface area (Å²) in [6.45, 7) is 5.35. The molecule has 24 heavy (non-hydrogen) atoms. The highest BCUT2D eigenvalue weighted by Crippen LogP contribution is 2.26. The van der Waals surface area contributed by atoms with E-state index in [9.17, 15) is 9.00 Å². The van der Waals surface area contributed by atoms with Gasteiger partial charge in [0, 0.05) is 46.6 Å². The molecule has 0 spiro atoms. The van der Waals surface area contributed by atoms with Gasteiger partial charge in [0.1, 0.15) is 0 Å². The van der Waals surface area contributed by atoms with Crippen molar-refractivity contribution in [2.75, 3.05) is 13.1 Å². The highest BCUT2D eigenvalue weighted by Gasteiger charge is 2.26. The lowest BCUT2D eigenvalue weighted by atomic mass is 9.94. The van der Waals surface area contributed by atoms with Gasteiger partial charge in [-0.3, -0.25) is 14.1 Å². The number of hydrogen-bond donors (Lipinski definition) is 1. The van der Waals surface area contributed by atoms with Crippen molar-refractivity contribution in [1.29, 1.82) is 0 Å². The molecule has 5 nitrogen and oxygen atoms in total. The van der Waals surface area contributed by atoms with E-state index in [1.54, 1.807) is 30.5 Å². The van der Waals surface area contributed by atoms with Crippen LogP contribution in [-0.4, -0.2) is 43.6 Å². The number of H-pyrrole nitrogens is 1. The Kier molecular flexibility index (Phi) is 5.14. The molecule has 2 heterocycles. The van der Waals surface area contributed by atoms with E-state index in [0.717, 1.165) is 30.0 Å². The molecule has 2 aromatic rings. The van der Waals surface area contributed by atoms with Crippen molar-refractivity contribution in [3.8, 4) is 0 Å². The number of hydrogen-bond acceptors (Lipinski definition) is 3. The summed E-state index contributed by atoms with van der Waals surface area (Å²) in [5.74, 6) is 0.360. The summed E-state index contributed by atoms with van der Waals surface area (Å²) < 4.78 is 12.1. The van der Waals surface area contributed by atoms with Gasteiger partial charge in [-0.05, 0) is 43.2 Å². The van der Waals surface area contributed by atoms with Crippen molar-refractivity contribution < 1.29 is 9.00 Å². The SMILES string of the molecule is CC(C)[S@@](=O)c1ccc(C(=O)N2CCC[C@H](c3ccn[nH]3)C2)cc1. The molecule has 1 saturated heterocycles. The summed E-state index contributed by atoms with van der Waals surface area (Å²) in [6.07, 6.45) is 3.81. The predicted octanol–water partition coefficient (Wildman–Crippen LogP) is 2.95. The molecule has 0 bridgehead atoms. The fraction of sp³-hybridized carbons (Fsp3) is 0.444. The average molecular weight is 345 g/mol. The van der Waals surface area contributed by atoms with E-state index in [1.165, 1.54) is 0 Å². The first-order chi connectivity index (χ1) is 11.6. The van der Waals surface area contributed by atoms with Crippen LogP contribution in [-0.2, 0) is 10.8 Å². The first kappa shape index (κ1) is 16.9. The van der Waals surface area contributed by atoms with Crippen LogP contribution in [0.5, 0.6) is 0 Å². The minimum Gasteiger partial charge on any atom is -0.338 e. The Labute approximate surface area is 144 Å². The molecule has 3 rings (SSSR count). The molecule has 6 heteroatoms. The second-order valence-electron chi connectivity index (χ2n) is 6.47. The van der Waals surface area contributed by atoms with Crippen LogP contribution in [0.25, 0.3) is 0 Å². The number of aromatic amines is 1. The molecule has 0 aliphatic carbocycles. The van der Waals surface area contributed by atoms with Gasteiger partial charge < -0.3 is 4.90 Å². The molecular formula is C18H23N3O2S. The zero-order valence-electron chi connectivity index (χ0n) is 14.1. The zero-order chi connectivity index (χ0) is 17.1. The molecule has 0 radical (unpaired) electrons. The Morgan fingerprint density at radius 2 is 2.04 bits per heavy atom. The summed E-state index contributed by atoms with van der Waals surface area (Å²) in [6, 6.07) is 9.17. The number of nitrogens with zero attached hydrogens (tertiary/aromatic N) is 2. The van der Waals surface area contributed by atoms with Gasteiger partial charge in [-0.15, -0.1) is 0 Å². The molecule has 0 unspecified atom stereocenters. The van der Waals surface area contributed by atoms with Crippen molar-refractivity contribution in [1.82, 2.24) is 15.1 Å². The summed E-state index contributed by atoms with van der Waals surface area (Å²) in [7, 11) is -1.02. The van der Waals surface area contributed by atoms with Gasteiger partial charge in [0.15, 0.2) is 0 Å². The van der Waals surface area contributed by atoms with Crippen LogP contribution in [0, 0.1) is 0 Å². The fourth-order valence-electron chi connectivity index (χ4n) is 3.10. The highest BCUT2D eigenvalue weighted by atomic mass is 32.2. The van der Waals surface area contributed by atoms with Crippen LogP contribution >= 0.6 is 0 Å². The van der Waals surface area contributed by atoms with Crippen LogP contribution in [0.3, 0.4) is 0 Å². The Morgan fingerprint density at radius 1 is 1.29 bits per heavy atom. The quantitative estimate of drug-likeness (QED) is 0.926. The van der Waals surface area contributed by atoms with Gasteiger partial charge in [0.05, 0.1) is 10.8 Å². The summed E-state index contributed by atoms with van der Waals surface area (Å²) in [5, 5.41) is 7.10. The summed E-state index contributed by atoms with van der Waals surface area (Å²) >= 11 is 0. The molecule has 1 amide bonds. The van der Waals surface area contributed by atoms with E-state index < -0.39 is 10.8 Å². The Morgan fingerprint density at radius 3 is 2.67 bits per heavy atom. The molecule has 1 fully saturated rings. The average Bonchev–Trinajstić information content (AvgIpc) is 3.15. The largest absolute Gasteiger partial charge is 0.338 e. The maximum atomic E-state index is 12.8. The number of benzene rings is 1. The topological polar surface area (TPSA) is 66.1 Å². The van der Waals surface area contributed by atoms with Crippen LogP contribution in [0.15, 0.2) is 41.4 Å². The van der Waals surface area contributed by atoms with Gasteiger partial charge in [-0.2, -0.15) is 5.10 Å².